The second-order valence-electron chi connectivity index (χ2n) is 2.59. The van der Waals surface area contributed by atoms with Crippen molar-refractivity contribution in [3.8, 4) is 0 Å². The van der Waals surface area contributed by atoms with Gasteiger partial charge in [0.2, 0.25) is 0 Å². The van der Waals surface area contributed by atoms with Crippen LogP contribution in [0.2, 0.25) is 0 Å². The lowest BCUT2D eigenvalue weighted by molar-refractivity contribution is -0.109. The van der Waals surface area contributed by atoms with Gasteiger partial charge in [-0.15, -0.1) is 0 Å². The number of hydrogen-bond acceptors (Lipinski definition) is 3. The van der Waals surface area contributed by atoms with E-state index in [0.29, 0.717) is 5.75 Å². The van der Waals surface area contributed by atoms with Crippen LogP contribution >= 0.6 is 11.8 Å². The number of carbonyl (C=O) groups excluding carboxylic acids is 1. The highest BCUT2D eigenvalue weighted by atomic mass is 32.2. The van der Waals surface area contributed by atoms with E-state index < -0.39 is 5.60 Å². The number of rotatable bonds is 2. The van der Waals surface area contributed by atoms with Gasteiger partial charge in [-0.25, -0.2) is 0 Å². The van der Waals surface area contributed by atoms with Gasteiger partial charge >= 0.3 is 0 Å². The Labute approximate surface area is 59.6 Å². The first-order chi connectivity index (χ1) is 3.92. The normalized spacial score (nSPS) is 11.6. The van der Waals surface area contributed by atoms with Gasteiger partial charge in [-0.1, -0.05) is 11.8 Å². The Bertz CT molecular complexity index is 104. The summed E-state index contributed by atoms with van der Waals surface area (Å²) >= 11 is 1.15. The van der Waals surface area contributed by atoms with Gasteiger partial charge < -0.3 is 5.11 Å². The summed E-state index contributed by atoms with van der Waals surface area (Å²) in [7, 11) is 0. The van der Waals surface area contributed by atoms with E-state index in [1.807, 2.05) is 0 Å². The van der Waals surface area contributed by atoms with E-state index >= 15 is 0 Å². The van der Waals surface area contributed by atoms with Gasteiger partial charge in [-0.3, -0.25) is 4.79 Å². The van der Waals surface area contributed by atoms with Crippen LogP contribution < -0.4 is 0 Å². The first kappa shape index (κ1) is 8.98. The molecule has 0 aromatic rings. The van der Waals surface area contributed by atoms with Gasteiger partial charge in [-0.2, -0.15) is 0 Å². The first-order valence-corrected chi connectivity index (χ1v) is 3.76. The third-order valence-electron chi connectivity index (χ3n) is 0.629. The summed E-state index contributed by atoms with van der Waals surface area (Å²) in [5.41, 5.74) is -0.726. The molecule has 2 nitrogen and oxygen atoms in total. The molecule has 54 valence electrons. The van der Waals surface area contributed by atoms with Crippen LogP contribution in [0.4, 0.5) is 0 Å². The lowest BCUT2D eigenvalue weighted by Gasteiger charge is -2.14. The fourth-order valence-electron chi connectivity index (χ4n) is 0.278. The zero-order chi connectivity index (χ0) is 7.49. The molecule has 0 aliphatic carbocycles. The third-order valence-corrected chi connectivity index (χ3v) is 1.89. The van der Waals surface area contributed by atoms with E-state index in [0.717, 1.165) is 11.8 Å². The molecule has 0 spiro atoms. The predicted molar refractivity (Wildman–Crippen MR) is 39.4 cm³/mol. The maximum Gasteiger partial charge on any atom is 0.185 e. The quantitative estimate of drug-likeness (QED) is 0.635. The molecular formula is C6H12O2S. The monoisotopic (exact) mass is 148 g/mol. The Morgan fingerprint density at radius 2 is 2.11 bits per heavy atom. The molecule has 9 heavy (non-hydrogen) atoms. The van der Waals surface area contributed by atoms with Crippen molar-refractivity contribution in [3.05, 3.63) is 0 Å². The number of thioether (sulfide) groups is 1. The molecule has 0 saturated heterocycles. The van der Waals surface area contributed by atoms with E-state index in [4.69, 9.17) is 5.11 Å². The second-order valence-corrected chi connectivity index (χ2v) is 3.74. The molecule has 0 aromatic heterocycles. The summed E-state index contributed by atoms with van der Waals surface area (Å²) in [6, 6.07) is 0. The molecule has 0 atom stereocenters. The van der Waals surface area contributed by atoms with Gasteiger partial charge in [0.15, 0.2) is 5.12 Å². The Kier molecular flexibility index (Phi) is 3.22. The summed E-state index contributed by atoms with van der Waals surface area (Å²) in [6.45, 7) is 4.86. The Morgan fingerprint density at radius 1 is 1.67 bits per heavy atom. The minimum Gasteiger partial charge on any atom is -0.390 e. The van der Waals surface area contributed by atoms with E-state index in [1.54, 1.807) is 13.8 Å². The number of aliphatic hydroxyl groups is 1. The minimum absolute atomic E-state index is 0.0529. The van der Waals surface area contributed by atoms with Crippen LogP contribution in [-0.4, -0.2) is 21.6 Å². The van der Waals surface area contributed by atoms with Crippen molar-refractivity contribution in [1.29, 1.82) is 0 Å². The lowest BCUT2D eigenvalue weighted by Crippen LogP contribution is -2.22. The van der Waals surface area contributed by atoms with Crippen LogP contribution in [0.5, 0.6) is 0 Å². The maximum absolute atomic E-state index is 10.3. The molecule has 0 fully saturated rings. The molecule has 0 radical (unpaired) electrons. The summed E-state index contributed by atoms with van der Waals surface area (Å²) in [4.78, 5) is 10.3. The van der Waals surface area contributed by atoms with Crippen molar-refractivity contribution in [1.82, 2.24) is 0 Å². The highest BCUT2D eigenvalue weighted by Gasteiger charge is 2.12. The second kappa shape index (κ2) is 3.22. The summed E-state index contributed by atoms with van der Waals surface area (Å²) in [5.74, 6) is 0.475. The molecule has 0 rings (SSSR count). The Hall–Kier alpha value is -0.0200. The van der Waals surface area contributed by atoms with E-state index in [9.17, 15) is 4.79 Å². The Morgan fingerprint density at radius 3 is 2.22 bits per heavy atom. The summed E-state index contributed by atoms with van der Waals surface area (Å²) in [5, 5.41) is 9.15. The molecule has 0 aromatic carbocycles. The van der Waals surface area contributed by atoms with Gasteiger partial charge in [0.25, 0.3) is 0 Å². The van der Waals surface area contributed by atoms with Crippen LogP contribution in [-0.2, 0) is 4.79 Å². The SMILES string of the molecule is CC(=O)SCC(C)(C)O. The molecule has 0 heterocycles. The number of hydrogen-bond donors (Lipinski definition) is 1. The van der Waals surface area contributed by atoms with E-state index in [-0.39, 0.29) is 5.12 Å². The van der Waals surface area contributed by atoms with Gasteiger partial charge in [-0.05, 0) is 13.8 Å². The van der Waals surface area contributed by atoms with Gasteiger partial charge in [0, 0.05) is 12.7 Å². The van der Waals surface area contributed by atoms with Crippen molar-refractivity contribution in [2.75, 3.05) is 5.75 Å². The van der Waals surface area contributed by atoms with Gasteiger partial charge in [0.1, 0.15) is 0 Å². The highest BCUT2D eigenvalue weighted by Crippen LogP contribution is 2.11. The van der Waals surface area contributed by atoms with E-state index in [1.165, 1.54) is 6.92 Å². The highest BCUT2D eigenvalue weighted by molar-refractivity contribution is 8.13. The van der Waals surface area contributed by atoms with Crippen LogP contribution in [0.3, 0.4) is 0 Å². The first-order valence-electron chi connectivity index (χ1n) is 2.77. The third kappa shape index (κ3) is 7.98. The average molecular weight is 148 g/mol. The van der Waals surface area contributed by atoms with Gasteiger partial charge in [0.05, 0.1) is 5.60 Å². The topological polar surface area (TPSA) is 37.3 Å². The largest absolute Gasteiger partial charge is 0.390 e. The lowest BCUT2D eigenvalue weighted by atomic mass is 10.2. The van der Waals surface area contributed by atoms with Crippen molar-refractivity contribution in [2.45, 2.75) is 26.4 Å². The van der Waals surface area contributed by atoms with Crippen molar-refractivity contribution < 1.29 is 9.90 Å². The van der Waals surface area contributed by atoms with E-state index in [2.05, 4.69) is 0 Å². The zero-order valence-corrected chi connectivity index (χ0v) is 6.79. The maximum atomic E-state index is 10.3. The van der Waals surface area contributed by atoms with Crippen LogP contribution in [0.25, 0.3) is 0 Å². The summed E-state index contributed by atoms with van der Waals surface area (Å²) < 4.78 is 0. The van der Waals surface area contributed by atoms with Crippen molar-refractivity contribution in [3.63, 3.8) is 0 Å². The fraction of sp³-hybridized carbons (Fsp3) is 0.833. The molecule has 0 saturated carbocycles. The molecule has 0 aliphatic heterocycles. The number of carbonyl (C=O) groups is 1. The predicted octanol–water partition coefficient (Wildman–Crippen LogP) is 1.04. The molecule has 0 aliphatic rings. The molecule has 1 N–H and O–H groups in total. The molecular weight excluding hydrogens is 136 g/mol. The van der Waals surface area contributed by atoms with Crippen LogP contribution in [0.1, 0.15) is 20.8 Å². The Balaban J connectivity index is 3.39. The standard InChI is InChI=1S/C6H12O2S/c1-5(7)9-4-6(2,3)8/h8H,4H2,1-3H3. The molecule has 0 unspecified atom stereocenters. The molecule has 3 heteroatoms. The van der Waals surface area contributed by atoms with Crippen molar-refractivity contribution in [2.24, 2.45) is 0 Å². The average Bonchev–Trinajstić information content (AvgIpc) is 1.59. The minimum atomic E-state index is -0.726. The fourth-order valence-corrected chi connectivity index (χ4v) is 0.835. The summed E-state index contributed by atoms with van der Waals surface area (Å²) in [6.07, 6.45) is 0. The molecule has 0 amide bonds. The van der Waals surface area contributed by atoms with Crippen molar-refractivity contribution >= 4 is 16.9 Å². The van der Waals surface area contributed by atoms with Crippen LogP contribution in [0.15, 0.2) is 0 Å². The molecule has 0 bridgehead atoms. The zero-order valence-electron chi connectivity index (χ0n) is 5.97. The smallest absolute Gasteiger partial charge is 0.185 e. The van der Waals surface area contributed by atoms with Crippen LogP contribution in [0, 0.1) is 0 Å².